The van der Waals surface area contributed by atoms with E-state index >= 15 is 0 Å². The van der Waals surface area contributed by atoms with E-state index in [1.54, 1.807) is 38.9 Å². The molecule has 4 rings (SSSR count). The first-order valence-electron chi connectivity index (χ1n) is 8.09. The van der Waals surface area contributed by atoms with Gasteiger partial charge < -0.3 is 19.3 Å². The highest BCUT2D eigenvalue weighted by molar-refractivity contribution is 7.07. The van der Waals surface area contributed by atoms with Gasteiger partial charge in [-0.3, -0.25) is 9.59 Å². The normalized spacial score (nSPS) is 16.6. The quantitative estimate of drug-likeness (QED) is 0.818. The molecule has 1 aromatic carbocycles. The first kappa shape index (κ1) is 15.9. The molecule has 1 fully saturated rings. The summed E-state index contributed by atoms with van der Waals surface area (Å²) >= 11 is 1.40. The predicted octanol–water partition coefficient (Wildman–Crippen LogP) is 1.86. The number of carbonyl (C=O) groups is 2. The average Bonchev–Trinajstić information content (AvgIpc) is 3.27. The number of ether oxygens (including phenoxy) is 2. The van der Waals surface area contributed by atoms with Crippen LogP contribution >= 0.6 is 11.3 Å². The Morgan fingerprint density at radius 1 is 1.00 bits per heavy atom. The van der Waals surface area contributed by atoms with Crippen LogP contribution in [0.2, 0.25) is 0 Å². The maximum atomic E-state index is 12.8. The third kappa shape index (κ3) is 3.17. The van der Waals surface area contributed by atoms with Gasteiger partial charge in [0.15, 0.2) is 11.5 Å². The number of hydrogen-bond acceptors (Lipinski definition) is 6. The molecule has 1 saturated heterocycles. The van der Waals surface area contributed by atoms with E-state index in [4.69, 9.17) is 9.47 Å². The van der Waals surface area contributed by atoms with E-state index in [9.17, 15) is 9.59 Å². The molecular formula is C17H17N3O4S. The Labute approximate surface area is 148 Å². The van der Waals surface area contributed by atoms with Gasteiger partial charge in [-0.15, -0.1) is 11.3 Å². The Bertz CT molecular complexity index is 793. The van der Waals surface area contributed by atoms with E-state index in [1.807, 2.05) is 0 Å². The summed E-state index contributed by atoms with van der Waals surface area (Å²) in [6.45, 7) is 2.44. The van der Waals surface area contributed by atoms with Crippen molar-refractivity contribution in [1.29, 1.82) is 0 Å². The summed E-state index contributed by atoms with van der Waals surface area (Å²) in [6.07, 6.45) is 0.742. The lowest BCUT2D eigenvalue weighted by atomic mass is 10.1. The van der Waals surface area contributed by atoms with Crippen LogP contribution in [0.5, 0.6) is 11.5 Å². The molecule has 0 N–H and O–H groups in total. The van der Waals surface area contributed by atoms with Crippen LogP contribution < -0.4 is 9.47 Å². The van der Waals surface area contributed by atoms with E-state index in [0.717, 1.165) is 6.42 Å². The second-order valence-electron chi connectivity index (χ2n) is 5.88. The van der Waals surface area contributed by atoms with Crippen molar-refractivity contribution in [3.8, 4) is 11.5 Å². The minimum absolute atomic E-state index is 0.0544. The Morgan fingerprint density at radius 3 is 2.52 bits per heavy atom. The van der Waals surface area contributed by atoms with Gasteiger partial charge in [-0.05, 0) is 24.6 Å². The smallest absolute Gasteiger partial charge is 0.273 e. The maximum Gasteiger partial charge on any atom is 0.273 e. The van der Waals surface area contributed by atoms with E-state index in [2.05, 4.69) is 4.98 Å². The van der Waals surface area contributed by atoms with E-state index in [0.29, 0.717) is 48.9 Å². The second-order valence-corrected chi connectivity index (χ2v) is 6.60. The van der Waals surface area contributed by atoms with Crippen LogP contribution in [-0.4, -0.2) is 59.6 Å². The van der Waals surface area contributed by atoms with Crippen LogP contribution in [0.1, 0.15) is 27.3 Å². The third-order valence-corrected chi connectivity index (χ3v) is 4.93. The highest BCUT2D eigenvalue weighted by Gasteiger charge is 2.25. The van der Waals surface area contributed by atoms with Crippen LogP contribution in [-0.2, 0) is 0 Å². The lowest BCUT2D eigenvalue weighted by Gasteiger charge is -2.22. The van der Waals surface area contributed by atoms with Crippen molar-refractivity contribution in [2.75, 3.05) is 33.0 Å². The van der Waals surface area contributed by atoms with Crippen LogP contribution in [0.25, 0.3) is 0 Å². The number of nitrogens with zero attached hydrogens (tertiary/aromatic N) is 3. The first-order valence-corrected chi connectivity index (χ1v) is 9.03. The van der Waals surface area contributed by atoms with Crippen molar-refractivity contribution in [1.82, 2.24) is 14.8 Å². The Hall–Kier alpha value is -2.61. The lowest BCUT2D eigenvalue weighted by Crippen LogP contribution is -2.37. The fourth-order valence-corrected chi connectivity index (χ4v) is 3.54. The van der Waals surface area contributed by atoms with Gasteiger partial charge in [0.1, 0.15) is 5.69 Å². The second kappa shape index (κ2) is 6.72. The summed E-state index contributed by atoms with van der Waals surface area (Å²) in [7, 11) is 0. The van der Waals surface area contributed by atoms with Gasteiger partial charge in [0, 0.05) is 37.1 Å². The Morgan fingerprint density at radius 2 is 1.76 bits per heavy atom. The van der Waals surface area contributed by atoms with Gasteiger partial charge in [0.25, 0.3) is 11.8 Å². The molecule has 0 saturated carbocycles. The minimum atomic E-state index is -0.0707. The average molecular weight is 359 g/mol. The zero-order valence-electron chi connectivity index (χ0n) is 13.5. The topological polar surface area (TPSA) is 72.0 Å². The highest BCUT2D eigenvalue weighted by Crippen LogP contribution is 2.32. The molecule has 0 aliphatic carbocycles. The molecule has 7 nitrogen and oxygen atoms in total. The molecular weight excluding hydrogens is 342 g/mol. The van der Waals surface area contributed by atoms with Crippen LogP contribution in [0.4, 0.5) is 0 Å². The number of aromatic nitrogens is 1. The van der Waals surface area contributed by atoms with Crippen molar-refractivity contribution in [2.45, 2.75) is 6.42 Å². The molecule has 2 amide bonds. The van der Waals surface area contributed by atoms with Crippen LogP contribution in [0.15, 0.2) is 29.1 Å². The zero-order chi connectivity index (χ0) is 17.2. The molecule has 1 aromatic heterocycles. The van der Waals surface area contributed by atoms with Gasteiger partial charge in [0.2, 0.25) is 6.79 Å². The number of amides is 2. The first-order chi connectivity index (χ1) is 12.2. The van der Waals surface area contributed by atoms with Crippen molar-refractivity contribution >= 4 is 23.2 Å². The van der Waals surface area contributed by atoms with Gasteiger partial charge >= 0.3 is 0 Å². The maximum absolute atomic E-state index is 12.8. The fourth-order valence-electron chi connectivity index (χ4n) is 3.02. The van der Waals surface area contributed by atoms with Crippen LogP contribution in [0, 0.1) is 0 Å². The summed E-state index contributed by atoms with van der Waals surface area (Å²) in [4.78, 5) is 32.8. The molecule has 0 spiro atoms. The lowest BCUT2D eigenvalue weighted by molar-refractivity contribution is 0.0716. The summed E-state index contributed by atoms with van der Waals surface area (Å²) in [5, 5.41) is 1.75. The third-order valence-electron chi connectivity index (χ3n) is 4.34. The monoisotopic (exact) mass is 359 g/mol. The largest absolute Gasteiger partial charge is 0.454 e. The number of benzene rings is 1. The predicted molar refractivity (Wildman–Crippen MR) is 91.1 cm³/mol. The molecule has 2 aliphatic heterocycles. The highest BCUT2D eigenvalue weighted by atomic mass is 32.1. The van der Waals surface area contributed by atoms with Crippen molar-refractivity contribution < 1.29 is 19.1 Å². The molecule has 0 bridgehead atoms. The molecule has 2 aliphatic rings. The number of carbonyl (C=O) groups excluding carboxylic acids is 2. The summed E-state index contributed by atoms with van der Waals surface area (Å²) in [5.41, 5.74) is 2.70. The Kier molecular flexibility index (Phi) is 4.27. The van der Waals surface area contributed by atoms with Crippen molar-refractivity contribution in [2.24, 2.45) is 0 Å². The van der Waals surface area contributed by atoms with Crippen molar-refractivity contribution in [3.05, 3.63) is 40.3 Å². The summed E-state index contributed by atoms with van der Waals surface area (Å²) in [6, 6.07) is 5.22. The zero-order valence-corrected chi connectivity index (χ0v) is 14.3. The Balaban J connectivity index is 1.44. The number of hydrogen-bond donors (Lipinski definition) is 0. The number of thiazole rings is 1. The number of fused-ring (bicyclic) bond motifs is 1. The van der Waals surface area contributed by atoms with E-state index in [1.165, 1.54) is 11.3 Å². The van der Waals surface area contributed by atoms with Crippen LogP contribution in [0.3, 0.4) is 0 Å². The number of rotatable bonds is 2. The summed E-state index contributed by atoms with van der Waals surface area (Å²) < 4.78 is 10.6. The van der Waals surface area contributed by atoms with E-state index in [-0.39, 0.29) is 18.6 Å². The van der Waals surface area contributed by atoms with Crippen molar-refractivity contribution in [3.63, 3.8) is 0 Å². The SMILES string of the molecule is O=C(c1ccc2c(c1)OCO2)N1CCCN(C(=O)c2cscn2)CC1. The molecule has 0 radical (unpaired) electrons. The molecule has 2 aromatic rings. The molecule has 0 unspecified atom stereocenters. The van der Waals surface area contributed by atoms with E-state index < -0.39 is 0 Å². The summed E-state index contributed by atoms with van der Waals surface area (Å²) in [5.74, 6) is 1.13. The van der Waals surface area contributed by atoms with Gasteiger partial charge in [-0.2, -0.15) is 0 Å². The van der Waals surface area contributed by atoms with Gasteiger partial charge in [-0.25, -0.2) is 4.98 Å². The van der Waals surface area contributed by atoms with Gasteiger partial charge in [0.05, 0.1) is 5.51 Å². The molecule has 130 valence electrons. The molecule has 3 heterocycles. The minimum Gasteiger partial charge on any atom is -0.454 e. The standard InChI is InChI=1S/C17H17N3O4S/c21-16(12-2-3-14-15(8-12)24-11-23-14)19-4-1-5-20(7-6-19)17(22)13-9-25-10-18-13/h2-3,8-10H,1,4-7,11H2. The molecule has 25 heavy (non-hydrogen) atoms. The fraction of sp³-hybridized carbons (Fsp3) is 0.353. The molecule has 8 heteroatoms. The van der Waals surface area contributed by atoms with Gasteiger partial charge in [-0.1, -0.05) is 0 Å². The molecule has 0 atom stereocenters.